The van der Waals surface area contributed by atoms with Gasteiger partial charge in [0.2, 0.25) is 0 Å². The smallest absolute Gasteiger partial charge is 0.178 e. The standard InChI is InChI=1S/C23H25N7/c1-14-16(17-6-2-3-7-18(17)21-26-28-29-27-21)8-4-9-19(14)30-20-10-5-13-24-22(20)25-23(30)15-11-12-15/h4-5,8-10,13,15,17-18H,2-3,6-7,11-12H2,1H3,(H,26,27,28,29)/t17-,18+/m0/s1. The molecule has 0 radical (unpaired) electrons. The van der Waals surface area contributed by atoms with Gasteiger partial charge in [-0.1, -0.05) is 25.0 Å². The molecule has 1 aromatic carbocycles. The second-order valence-electron chi connectivity index (χ2n) is 8.70. The number of nitrogens with one attached hydrogen (secondary N) is 1. The molecular weight excluding hydrogens is 374 g/mol. The minimum absolute atomic E-state index is 0.340. The zero-order chi connectivity index (χ0) is 20.1. The van der Waals surface area contributed by atoms with E-state index in [-0.39, 0.29) is 0 Å². The Hall–Kier alpha value is -3.09. The summed E-state index contributed by atoms with van der Waals surface area (Å²) in [5, 5.41) is 15.0. The molecule has 152 valence electrons. The molecule has 7 heteroatoms. The number of tetrazole rings is 1. The summed E-state index contributed by atoms with van der Waals surface area (Å²) >= 11 is 0. The summed E-state index contributed by atoms with van der Waals surface area (Å²) in [6, 6.07) is 10.9. The van der Waals surface area contributed by atoms with Crippen LogP contribution in [-0.4, -0.2) is 35.2 Å². The van der Waals surface area contributed by atoms with E-state index in [2.05, 4.69) is 61.4 Å². The van der Waals surface area contributed by atoms with Crippen molar-refractivity contribution in [3.8, 4) is 5.69 Å². The minimum Gasteiger partial charge on any atom is -0.294 e. The normalized spacial score (nSPS) is 21.9. The second-order valence-corrected chi connectivity index (χ2v) is 8.70. The van der Waals surface area contributed by atoms with Crippen LogP contribution in [0.4, 0.5) is 0 Å². The lowest BCUT2D eigenvalue weighted by molar-refractivity contribution is 0.372. The third kappa shape index (κ3) is 2.83. The predicted octanol–water partition coefficient (Wildman–Crippen LogP) is 4.56. The van der Waals surface area contributed by atoms with Crippen molar-refractivity contribution < 1.29 is 0 Å². The first kappa shape index (κ1) is 17.7. The summed E-state index contributed by atoms with van der Waals surface area (Å²) in [4.78, 5) is 9.44. The van der Waals surface area contributed by atoms with Gasteiger partial charge in [0.25, 0.3) is 0 Å². The third-order valence-corrected chi connectivity index (χ3v) is 6.87. The van der Waals surface area contributed by atoms with Crippen LogP contribution in [0.5, 0.6) is 0 Å². The lowest BCUT2D eigenvalue weighted by Gasteiger charge is -2.31. The maximum absolute atomic E-state index is 4.91. The SMILES string of the molecule is Cc1c([C@@H]2CCCC[C@H]2c2nnn[nH]2)cccc1-n1c(C2CC2)nc2ncccc21. The Morgan fingerprint density at radius 1 is 1.00 bits per heavy atom. The van der Waals surface area contributed by atoms with Crippen LogP contribution in [0.1, 0.15) is 79.1 Å². The zero-order valence-electron chi connectivity index (χ0n) is 17.1. The number of aromatic amines is 1. The Labute approximate surface area is 174 Å². The fourth-order valence-corrected chi connectivity index (χ4v) is 5.24. The molecule has 2 aliphatic carbocycles. The van der Waals surface area contributed by atoms with E-state index in [0.29, 0.717) is 17.8 Å². The summed E-state index contributed by atoms with van der Waals surface area (Å²) in [5.74, 6) is 3.38. The number of hydrogen-bond acceptors (Lipinski definition) is 5. The maximum Gasteiger partial charge on any atom is 0.178 e. The Balaban J connectivity index is 1.50. The van der Waals surface area contributed by atoms with Crippen molar-refractivity contribution in [1.29, 1.82) is 0 Å². The summed E-state index contributed by atoms with van der Waals surface area (Å²) in [6.07, 6.45) is 9.02. The fourth-order valence-electron chi connectivity index (χ4n) is 5.24. The summed E-state index contributed by atoms with van der Waals surface area (Å²) in [7, 11) is 0. The predicted molar refractivity (Wildman–Crippen MR) is 114 cm³/mol. The van der Waals surface area contributed by atoms with E-state index in [1.807, 2.05) is 12.3 Å². The van der Waals surface area contributed by atoms with Gasteiger partial charge < -0.3 is 0 Å². The number of fused-ring (bicyclic) bond motifs is 1. The van der Waals surface area contributed by atoms with Crippen molar-refractivity contribution in [3.63, 3.8) is 0 Å². The lowest BCUT2D eigenvalue weighted by atomic mass is 9.74. The molecule has 6 rings (SSSR count). The molecule has 0 bridgehead atoms. The molecule has 0 aliphatic heterocycles. The van der Waals surface area contributed by atoms with Crippen LogP contribution < -0.4 is 0 Å². The first-order valence-electron chi connectivity index (χ1n) is 11.0. The van der Waals surface area contributed by atoms with Gasteiger partial charge >= 0.3 is 0 Å². The summed E-state index contributed by atoms with van der Waals surface area (Å²) in [6.45, 7) is 2.26. The van der Waals surface area contributed by atoms with E-state index in [1.54, 1.807) is 0 Å². The van der Waals surface area contributed by atoms with Crippen molar-refractivity contribution in [1.82, 2.24) is 35.2 Å². The Morgan fingerprint density at radius 3 is 2.67 bits per heavy atom. The third-order valence-electron chi connectivity index (χ3n) is 6.87. The van der Waals surface area contributed by atoms with E-state index in [9.17, 15) is 0 Å². The molecule has 4 aromatic rings. The van der Waals surface area contributed by atoms with Gasteiger partial charge in [-0.15, -0.1) is 5.10 Å². The Morgan fingerprint density at radius 2 is 1.87 bits per heavy atom. The van der Waals surface area contributed by atoms with Crippen molar-refractivity contribution in [2.24, 2.45) is 0 Å². The molecule has 2 fully saturated rings. The summed E-state index contributed by atoms with van der Waals surface area (Å²) in [5.41, 5.74) is 5.89. The number of imidazole rings is 1. The Kier molecular flexibility index (Phi) is 4.14. The van der Waals surface area contributed by atoms with Crippen LogP contribution in [0.2, 0.25) is 0 Å². The second kappa shape index (κ2) is 7.00. The number of pyridine rings is 1. The van der Waals surface area contributed by atoms with Gasteiger partial charge in [-0.3, -0.25) is 4.57 Å². The fraction of sp³-hybridized carbons (Fsp3) is 0.435. The average Bonchev–Trinajstić information content (AvgIpc) is 3.34. The lowest BCUT2D eigenvalue weighted by Crippen LogP contribution is -2.19. The number of H-pyrrole nitrogens is 1. The van der Waals surface area contributed by atoms with Crippen LogP contribution >= 0.6 is 0 Å². The van der Waals surface area contributed by atoms with Gasteiger partial charge in [-0.25, -0.2) is 15.1 Å². The molecule has 0 amide bonds. The molecule has 30 heavy (non-hydrogen) atoms. The molecule has 1 N–H and O–H groups in total. The first-order valence-corrected chi connectivity index (χ1v) is 11.0. The van der Waals surface area contributed by atoms with E-state index in [4.69, 9.17) is 4.98 Å². The van der Waals surface area contributed by atoms with Gasteiger partial charge in [0.15, 0.2) is 11.5 Å². The molecule has 2 saturated carbocycles. The van der Waals surface area contributed by atoms with E-state index >= 15 is 0 Å². The summed E-state index contributed by atoms with van der Waals surface area (Å²) < 4.78 is 2.35. The van der Waals surface area contributed by atoms with E-state index < -0.39 is 0 Å². The Bertz CT molecular complexity index is 1190. The van der Waals surface area contributed by atoms with Gasteiger partial charge in [0.1, 0.15) is 5.82 Å². The van der Waals surface area contributed by atoms with Crippen LogP contribution in [-0.2, 0) is 0 Å². The quantitative estimate of drug-likeness (QED) is 0.544. The number of benzene rings is 1. The molecule has 3 aromatic heterocycles. The molecule has 0 spiro atoms. The van der Waals surface area contributed by atoms with Crippen LogP contribution in [0.3, 0.4) is 0 Å². The highest BCUT2D eigenvalue weighted by atomic mass is 15.5. The largest absolute Gasteiger partial charge is 0.294 e. The van der Waals surface area contributed by atoms with Gasteiger partial charge in [0, 0.05) is 18.0 Å². The maximum atomic E-state index is 4.91. The molecular formula is C23H25N7. The molecule has 2 atom stereocenters. The van der Waals surface area contributed by atoms with Crippen molar-refractivity contribution >= 4 is 11.2 Å². The van der Waals surface area contributed by atoms with Crippen molar-refractivity contribution in [3.05, 3.63) is 59.3 Å². The molecule has 3 heterocycles. The van der Waals surface area contributed by atoms with Gasteiger partial charge in [-0.2, -0.15) is 0 Å². The molecule has 0 unspecified atom stereocenters. The van der Waals surface area contributed by atoms with Crippen LogP contribution in [0, 0.1) is 6.92 Å². The highest BCUT2D eigenvalue weighted by Gasteiger charge is 2.33. The first-order chi connectivity index (χ1) is 14.8. The topological polar surface area (TPSA) is 85.2 Å². The van der Waals surface area contributed by atoms with Crippen molar-refractivity contribution in [2.45, 2.75) is 63.2 Å². The monoisotopic (exact) mass is 399 g/mol. The number of aromatic nitrogens is 7. The molecule has 0 saturated heterocycles. The minimum atomic E-state index is 0.340. The molecule has 2 aliphatic rings. The average molecular weight is 400 g/mol. The molecule has 7 nitrogen and oxygen atoms in total. The highest BCUT2D eigenvalue weighted by Crippen LogP contribution is 2.46. The van der Waals surface area contributed by atoms with Gasteiger partial charge in [-0.05, 0) is 78.3 Å². The van der Waals surface area contributed by atoms with Gasteiger partial charge in [0.05, 0.1) is 11.2 Å². The number of nitrogens with zero attached hydrogens (tertiary/aromatic N) is 6. The van der Waals surface area contributed by atoms with Crippen LogP contribution in [0.15, 0.2) is 36.5 Å². The highest BCUT2D eigenvalue weighted by molar-refractivity contribution is 5.75. The van der Waals surface area contributed by atoms with Crippen molar-refractivity contribution in [2.75, 3.05) is 0 Å². The zero-order valence-corrected chi connectivity index (χ0v) is 17.1. The van der Waals surface area contributed by atoms with E-state index in [0.717, 1.165) is 35.7 Å². The number of rotatable bonds is 4. The number of hydrogen-bond donors (Lipinski definition) is 1. The van der Waals surface area contributed by atoms with E-state index in [1.165, 1.54) is 42.5 Å². The van der Waals surface area contributed by atoms with Crippen LogP contribution in [0.25, 0.3) is 16.9 Å².